The van der Waals surface area contributed by atoms with Crippen LogP contribution in [0.4, 0.5) is 0 Å². The van der Waals surface area contributed by atoms with Crippen LogP contribution in [0.15, 0.2) is 17.4 Å². The number of halogens is 1. The number of nitrogens with one attached hydrogen (secondary N) is 1. The molecule has 0 bridgehead atoms. The van der Waals surface area contributed by atoms with Crippen LogP contribution in [-0.2, 0) is 13.5 Å². The lowest BCUT2D eigenvalue weighted by Gasteiger charge is -2.04. The number of aryl methyl sites for hydroxylation is 2. The average molecular weight is 351 g/mol. The van der Waals surface area contributed by atoms with Crippen LogP contribution in [0.25, 0.3) is 0 Å². The van der Waals surface area contributed by atoms with E-state index in [4.69, 9.17) is 5.73 Å². The zero-order valence-corrected chi connectivity index (χ0v) is 12.8. The summed E-state index contributed by atoms with van der Waals surface area (Å²) in [6.45, 7) is 3.73. The lowest BCUT2D eigenvalue weighted by Crippen LogP contribution is -2.32. The molecule has 0 saturated heterocycles. The standard InChI is InChI=1S/C11H21N5.HI/c1-3-6-13-11(12)14-7-4-5-10-8-15-16(2)9-10;/h8-9H,3-7H2,1-2H3,(H3,12,13,14);1H. The van der Waals surface area contributed by atoms with Crippen molar-refractivity contribution in [1.29, 1.82) is 0 Å². The summed E-state index contributed by atoms with van der Waals surface area (Å²) in [4.78, 5) is 4.16. The van der Waals surface area contributed by atoms with Crippen molar-refractivity contribution in [3.05, 3.63) is 18.0 Å². The predicted molar refractivity (Wildman–Crippen MR) is 81.7 cm³/mol. The Hall–Kier alpha value is -0.790. The first kappa shape index (κ1) is 16.2. The average Bonchev–Trinajstić information content (AvgIpc) is 2.67. The number of nitrogens with zero attached hydrogens (tertiary/aromatic N) is 3. The fourth-order valence-corrected chi connectivity index (χ4v) is 1.40. The van der Waals surface area contributed by atoms with Gasteiger partial charge in [-0.25, -0.2) is 0 Å². The lowest BCUT2D eigenvalue weighted by atomic mass is 10.2. The minimum Gasteiger partial charge on any atom is -0.370 e. The molecule has 1 rings (SSSR count). The normalized spacial score (nSPS) is 11.1. The molecule has 3 N–H and O–H groups in total. The Morgan fingerprint density at radius 3 is 2.94 bits per heavy atom. The van der Waals surface area contributed by atoms with Crippen molar-refractivity contribution < 1.29 is 0 Å². The van der Waals surface area contributed by atoms with Gasteiger partial charge in [-0.3, -0.25) is 9.67 Å². The highest BCUT2D eigenvalue weighted by atomic mass is 127. The minimum absolute atomic E-state index is 0. The fraction of sp³-hybridized carbons (Fsp3) is 0.636. The number of aliphatic imine (C=N–C) groups is 1. The Kier molecular flexibility index (Phi) is 8.83. The van der Waals surface area contributed by atoms with Gasteiger partial charge in [0.2, 0.25) is 0 Å². The predicted octanol–water partition coefficient (Wildman–Crippen LogP) is 1.28. The van der Waals surface area contributed by atoms with Gasteiger partial charge in [-0.15, -0.1) is 24.0 Å². The first-order valence-corrected chi connectivity index (χ1v) is 5.73. The molecule has 0 aliphatic rings. The molecular formula is C11H22IN5. The van der Waals surface area contributed by atoms with Crippen LogP contribution < -0.4 is 11.1 Å². The molecule has 17 heavy (non-hydrogen) atoms. The van der Waals surface area contributed by atoms with Crippen LogP contribution in [0, 0.1) is 0 Å². The summed E-state index contributed by atoms with van der Waals surface area (Å²) < 4.78 is 1.82. The Balaban J connectivity index is 0.00000256. The molecule has 0 fully saturated rings. The molecule has 1 heterocycles. The van der Waals surface area contributed by atoms with Crippen LogP contribution in [0.2, 0.25) is 0 Å². The molecule has 0 aliphatic carbocycles. The lowest BCUT2D eigenvalue weighted by molar-refractivity contribution is 0.755. The molecule has 0 aliphatic heterocycles. The molecule has 5 nitrogen and oxygen atoms in total. The highest BCUT2D eigenvalue weighted by molar-refractivity contribution is 14.0. The van der Waals surface area contributed by atoms with Gasteiger partial charge in [-0.1, -0.05) is 6.92 Å². The van der Waals surface area contributed by atoms with Crippen molar-refractivity contribution in [3.8, 4) is 0 Å². The Morgan fingerprint density at radius 2 is 2.35 bits per heavy atom. The molecule has 0 aromatic carbocycles. The quantitative estimate of drug-likeness (QED) is 0.351. The molecule has 0 amide bonds. The van der Waals surface area contributed by atoms with Gasteiger partial charge in [0, 0.05) is 26.3 Å². The molecule has 6 heteroatoms. The number of aromatic nitrogens is 2. The SMILES string of the molecule is CCCN=C(N)NCCCc1cnn(C)c1.I. The minimum atomic E-state index is 0. The van der Waals surface area contributed by atoms with Crippen molar-refractivity contribution in [2.45, 2.75) is 26.2 Å². The summed E-state index contributed by atoms with van der Waals surface area (Å²) in [5.74, 6) is 0.549. The van der Waals surface area contributed by atoms with Gasteiger partial charge in [0.1, 0.15) is 0 Å². The van der Waals surface area contributed by atoms with Crippen LogP contribution in [0.3, 0.4) is 0 Å². The van der Waals surface area contributed by atoms with Gasteiger partial charge in [0.15, 0.2) is 5.96 Å². The van der Waals surface area contributed by atoms with E-state index in [1.807, 2.05) is 24.1 Å². The molecular weight excluding hydrogens is 329 g/mol. The number of rotatable bonds is 6. The third kappa shape index (κ3) is 7.19. The van der Waals surface area contributed by atoms with Gasteiger partial charge < -0.3 is 11.1 Å². The zero-order chi connectivity index (χ0) is 11.8. The molecule has 0 atom stereocenters. The summed E-state index contributed by atoms with van der Waals surface area (Å²) >= 11 is 0. The number of nitrogens with two attached hydrogens (primary N) is 1. The monoisotopic (exact) mass is 351 g/mol. The molecule has 0 spiro atoms. The van der Waals surface area contributed by atoms with Crippen molar-refractivity contribution in [3.63, 3.8) is 0 Å². The summed E-state index contributed by atoms with van der Waals surface area (Å²) in [7, 11) is 1.93. The summed E-state index contributed by atoms with van der Waals surface area (Å²) in [5.41, 5.74) is 6.92. The summed E-state index contributed by atoms with van der Waals surface area (Å²) in [6.07, 6.45) is 7.01. The van der Waals surface area contributed by atoms with Gasteiger partial charge in [-0.2, -0.15) is 5.10 Å². The third-order valence-electron chi connectivity index (χ3n) is 2.21. The van der Waals surface area contributed by atoms with Crippen LogP contribution in [0.5, 0.6) is 0 Å². The second-order valence-corrected chi connectivity index (χ2v) is 3.82. The van der Waals surface area contributed by atoms with Crippen LogP contribution in [-0.4, -0.2) is 28.8 Å². The third-order valence-corrected chi connectivity index (χ3v) is 2.21. The molecule has 0 unspecified atom stereocenters. The van der Waals surface area contributed by atoms with E-state index in [9.17, 15) is 0 Å². The Morgan fingerprint density at radius 1 is 1.59 bits per heavy atom. The molecule has 98 valence electrons. The van der Waals surface area contributed by atoms with E-state index >= 15 is 0 Å². The van der Waals surface area contributed by atoms with Crippen LogP contribution >= 0.6 is 24.0 Å². The molecule has 0 saturated carbocycles. The number of guanidine groups is 1. The topological polar surface area (TPSA) is 68.2 Å². The highest BCUT2D eigenvalue weighted by Gasteiger charge is 1.96. The summed E-state index contributed by atoms with van der Waals surface area (Å²) in [5, 5.41) is 7.21. The fourth-order valence-electron chi connectivity index (χ4n) is 1.40. The largest absolute Gasteiger partial charge is 0.370 e. The smallest absolute Gasteiger partial charge is 0.188 e. The van der Waals surface area contributed by atoms with Crippen LogP contribution in [0.1, 0.15) is 25.3 Å². The number of hydrogen-bond acceptors (Lipinski definition) is 2. The first-order valence-electron chi connectivity index (χ1n) is 5.73. The van der Waals surface area contributed by atoms with Crippen molar-refractivity contribution in [1.82, 2.24) is 15.1 Å². The maximum Gasteiger partial charge on any atom is 0.188 e. The Labute approximate surface area is 120 Å². The van der Waals surface area contributed by atoms with Crippen molar-refractivity contribution in [2.24, 2.45) is 17.8 Å². The maximum absolute atomic E-state index is 5.67. The first-order chi connectivity index (χ1) is 7.72. The zero-order valence-electron chi connectivity index (χ0n) is 10.5. The van der Waals surface area contributed by atoms with Gasteiger partial charge >= 0.3 is 0 Å². The highest BCUT2D eigenvalue weighted by Crippen LogP contribution is 1.99. The van der Waals surface area contributed by atoms with E-state index in [1.165, 1.54) is 5.56 Å². The van der Waals surface area contributed by atoms with Gasteiger partial charge in [0.05, 0.1) is 6.20 Å². The van der Waals surface area contributed by atoms with E-state index in [1.54, 1.807) is 0 Å². The molecule has 1 aromatic heterocycles. The van der Waals surface area contributed by atoms with Crippen molar-refractivity contribution >= 4 is 29.9 Å². The van der Waals surface area contributed by atoms with E-state index in [0.717, 1.165) is 32.4 Å². The van der Waals surface area contributed by atoms with Gasteiger partial charge in [0.25, 0.3) is 0 Å². The summed E-state index contributed by atoms with van der Waals surface area (Å²) in [6, 6.07) is 0. The maximum atomic E-state index is 5.67. The Bertz CT molecular complexity index is 334. The molecule has 1 aromatic rings. The number of hydrogen-bond donors (Lipinski definition) is 2. The second kappa shape index (κ2) is 9.26. The van der Waals surface area contributed by atoms with E-state index in [2.05, 4.69) is 22.3 Å². The molecule has 0 radical (unpaired) electrons. The van der Waals surface area contributed by atoms with Crippen molar-refractivity contribution in [2.75, 3.05) is 13.1 Å². The van der Waals surface area contributed by atoms with E-state index in [0.29, 0.717) is 5.96 Å². The van der Waals surface area contributed by atoms with E-state index < -0.39 is 0 Å². The second-order valence-electron chi connectivity index (χ2n) is 3.82. The van der Waals surface area contributed by atoms with E-state index in [-0.39, 0.29) is 24.0 Å². The van der Waals surface area contributed by atoms with Gasteiger partial charge in [-0.05, 0) is 24.8 Å².